The molecule has 0 saturated heterocycles. The molecular weight excluding hydrogens is 348 g/mol. The third-order valence-corrected chi connectivity index (χ3v) is 4.64. The number of carbonyl (C=O) groups is 1. The van der Waals surface area contributed by atoms with Crippen LogP contribution in [-0.2, 0) is 4.79 Å². The number of rotatable bonds is 10. The van der Waals surface area contributed by atoms with E-state index in [-0.39, 0.29) is 12.3 Å². The quantitative estimate of drug-likeness (QED) is 0.519. The summed E-state index contributed by atoms with van der Waals surface area (Å²) in [4.78, 5) is 13.6. The van der Waals surface area contributed by atoms with Gasteiger partial charge in [-0.05, 0) is 47.6 Å². The first-order valence-corrected chi connectivity index (χ1v) is 10.2. The second-order valence-electron chi connectivity index (χ2n) is 8.46. The fourth-order valence-electron chi connectivity index (χ4n) is 3.45. The minimum Gasteiger partial charge on any atom is -0.481 e. The molecule has 4 nitrogen and oxygen atoms in total. The van der Waals surface area contributed by atoms with Gasteiger partial charge in [-0.15, -0.1) is 0 Å². The minimum absolute atomic E-state index is 0.0356. The van der Waals surface area contributed by atoms with Crippen molar-refractivity contribution in [1.82, 2.24) is 0 Å². The molecule has 0 fully saturated rings. The second kappa shape index (κ2) is 10.2. The Balaban J connectivity index is 2.44. The Morgan fingerprint density at radius 2 is 1.57 bits per heavy atom. The van der Waals surface area contributed by atoms with Crippen LogP contribution in [0.5, 0.6) is 0 Å². The van der Waals surface area contributed by atoms with Gasteiger partial charge < -0.3 is 15.3 Å². The lowest BCUT2D eigenvalue weighted by Crippen LogP contribution is -2.31. The molecule has 0 aliphatic carbocycles. The zero-order valence-electron chi connectivity index (χ0n) is 17.8. The Labute approximate surface area is 169 Å². The van der Waals surface area contributed by atoms with Gasteiger partial charge in [0.05, 0.1) is 17.8 Å². The summed E-state index contributed by atoms with van der Waals surface area (Å²) in [6.07, 6.45) is 0.131. The summed E-state index contributed by atoms with van der Waals surface area (Å²) >= 11 is 0. The predicted octanol–water partition coefficient (Wildman–Crippen LogP) is 6.13. The average molecular weight is 383 g/mol. The summed E-state index contributed by atoms with van der Waals surface area (Å²) in [5.41, 5.74) is 4.26. The van der Waals surface area contributed by atoms with Crippen LogP contribution in [0.25, 0.3) is 0 Å². The van der Waals surface area contributed by atoms with Crippen LogP contribution in [0.3, 0.4) is 0 Å². The third kappa shape index (κ3) is 6.59. The van der Waals surface area contributed by atoms with Gasteiger partial charge in [0.25, 0.3) is 0 Å². The number of aliphatic carboxylic acids is 1. The molecule has 152 valence electrons. The lowest BCUT2D eigenvalue weighted by Gasteiger charge is -2.31. The van der Waals surface area contributed by atoms with Gasteiger partial charge in [0.15, 0.2) is 0 Å². The van der Waals surface area contributed by atoms with E-state index >= 15 is 0 Å². The molecular formula is C24H34N2O2. The first-order valence-electron chi connectivity index (χ1n) is 10.2. The molecule has 28 heavy (non-hydrogen) atoms. The molecule has 0 saturated carbocycles. The lowest BCUT2D eigenvalue weighted by molar-refractivity contribution is -0.137. The molecule has 0 radical (unpaired) electrons. The highest BCUT2D eigenvalue weighted by Crippen LogP contribution is 2.34. The Morgan fingerprint density at radius 3 is 2.11 bits per heavy atom. The maximum absolute atomic E-state index is 11.2. The summed E-state index contributed by atoms with van der Waals surface area (Å²) in [7, 11) is 0. The van der Waals surface area contributed by atoms with Crippen LogP contribution < -0.4 is 10.2 Å². The number of hydrogen-bond donors (Lipinski definition) is 2. The minimum atomic E-state index is -0.768. The molecule has 2 aromatic carbocycles. The maximum Gasteiger partial charge on any atom is 0.303 e. The monoisotopic (exact) mass is 382 g/mol. The molecule has 1 atom stereocenters. The van der Waals surface area contributed by atoms with Gasteiger partial charge in [-0.1, -0.05) is 58.9 Å². The molecule has 2 rings (SSSR count). The van der Waals surface area contributed by atoms with E-state index in [4.69, 9.17) is 5.11 Å². The van der Waals surface area contributed by atoms with Crippen molar-refractivity contribution in [3.63, 3.8) is 0 Å². The van der Waals surface area contributed by atoms with E-state index in [1.807, 2.05) is 37.3 Å². The summed E-state index contributed by atoms with van der Waals surface area (Å²) < 4.78 is 0. The summed E-state index contributed by atoms with van der Waals surface area (Å²) in [6.45, 7) is 12.9. The smallest absolute Gasteiger partial charge is 0.303 e. The summed E-state index contributed by atoms with van der Waals surface area (Å²) in [5, 5.41) is 12.7. The van der Waals surface area contributed by atoms with E-state index in [1.165, 1.54) is 0 Å². The molecule has 0 spiro atoms. The van der Waals surface area contributed by atoms with E-state index < -0.39 is 5.97 Å². The molecule has 0 amide bonds. The van der Waals surface area contributed by atoms with Crippen molar-refractivity contribution in [2.24, 2.45) is 11.8 Å². The number of nitrogens with one attached hydrogen (secondary N) is 1. The molecule has 0 heterocycles. The fourth-order valence-corrected chi connectivity index (χ4v) is 3.45. The molecule has 1 unspecified atom stereocenters. The Bertz CT molecular complexity index is 746. The number of para-hydroxylation sites is 1. The van der Waals surface area contributed by atoms with Crippen LogP contribution in [0.15, 0.2) is 48.5 Å². The van der Waals surface area contributed by atoms with Gasteiger partial charge in [0.1, 0.15) is 0 Å². The molecule has 0 aromatic heterocycles. The van der Waals surface area contributed by atoms with E-state index in [2.05, 4.69) is 56.1 Å². The van der Waals surface area contributed by atoms with Crippen LogP contribution in [0.1, 0.15) is 52.5 Å². The lowest BCUT2D eigenvalue weighted by atomic mass is 9.96. The summed E-state index contributed by atoms with van der Waals surface area (Å²) in [6, 6.07) is 16.5. The van der Waals surface area contributed by atoms with Crippen LogP contribution >= 0.6 is 0 Å². The van der Waals surface area contributed by atoms with E-state index in [0.717, 1.165) is 35.7 Å². The van der Waals surface area contributed by atoms with Gasteiger partial charge in [-0.3, -0.25) is 4.79 Å². The molecule has 0 bridgehead atoms. The average Bonchev–Trinajstić information content (AvgIpc) is 2.60. The second-order valence-corrected chi connectivity index (χ2v) is 8.46. The summed E-state index contributed by atoms with van der Waals surface area (Å²) in [5.74, 6) is 0.296. The highest BCUT2D eigenvalue weighted by Gasteiger charge is 2.18. The first kappa shape index (κ1) is 21.8. The van der Waals surface area contributed by atoms with Crippen molar-refractivity contribution in [1.29, 1.82) is 0 Å². The number of benzene rings is 2. The zero-order valence-corrected chi connectivity index (χ0v) is 17.8. The molecule has 2 aromatic rings. The number of hydrogen-bond acceptors (Lipinski definition) is 3. The fraction of sp³-hybridized carbons (Fsp3) is 0.458. The first-order chi connectivity index (χ1) is 13.3. The predicted molar refractivity (Wildman–Crippen MR) is 119 cm³/mol. The van der Waals surface area contributed by atoms with Crippen molar-refractivity contribution in [3.8, 4) is 0 Å². The standard InChI is InChI=1S/C24H34N2O2/c1-17(2)15-26(16-18(3)4)23-12-11-20(19(5)13-24(27)28)14-22(23)25-21-9-7-6-8-10-21/h6-12,14,17-19,25H,13,15-16H2,1-5H3,(H,27,28). The molecule has 4 heteroatoms. The van der Waals surface area contributed by atoms with Crippen LogP contribution in [0, 0.1) is 11.8 Å². The van der Waals surface area contributed by atoms with E-state index in [9.17, 15) is 4.79 Å². The van der Waals surface area contributed by atoms with Crippen LogP contribution in [0.2, 0.25) is 0 Å². The number of carboxylic acids is 1. The van der Waals surface area contributed by atoms with Crippen molar-refractivity contribution >= 4 is 23.0 Å². The van der Waals surface area contributed by atoms with Crippen molar-refractivity contribution in [2.45, 2.75) is 47.0 Å². The van der Waals surface area contributed by atoms with E-state index in [0.29, 0.717) is 11.8 Å². The Kier molecular flexibility index (Phi) is 7.91. The third-order valence-electron chi connectivity index (χ3n) is 4.64. The Morgan fingerprint density at radius 1 is 0.964 bits per heavy atom. The van der Waals surface area contributed by atoms with Gasteiger partial charge in [0, 0.05) is 18.8 Å². The van der Waals surface area contributed by atoms with Crippen molar-refractivity contribution < 1.29 is 9.90 Å². The molecule has 0 aliphatic rings. The van der Waals surface area contributed by atoms with Crippen molar-refractivity contribution in [2.75, 3.05) is 23.3 Å². The highest BCUT2D eigenvalue weighted by atomic mass is 16.4. The van der Waals surface area contributed by atoms with Gasteiger partial charge in [-0.2, -0.15) is 0 Å². The molecule has 0 aliphatic heterocycles. The zero-order chi connectivity index (χ0) is 20.7. The van der Waals surface area contributed by atoms with Crippen molar-refractivity contribution in [3.05, 3.63) is 54.1 Å². The number of carboxylic acid groups (broad SMARTS) is 1. The van der Waals surface area contributed by atoms with Crippen LogP contribution in [0.4, 0.5) is 17.1 Å². The van der Waals surface area contributed by atoms with Gasteiger partial charge >= 0.3 is 5.97 Å². The highest BCUT2D eigenvalue weighted by molar-refractivity contribution is 5.77. The van der Waals surface area contributed by atoms with Gasteiger partial charge in [-0.25, -0.2) is 0 Å². The SMILES string of the molecule is CC(C)CN(CC(C)C)c1ccc(C(C)CC(=O)O)cc1Nc1ccccc1. The maximum atomic E-state index is 11.2. The Hall–Kier alpha value is -2.49. The number of anilines is 3. The largest absolute Gasteiger partial charge is 0.481 e. The van der Waals surface area contributed by atoms with Gasteiger partial charge in [0.2, 0.25) is 0 Å². The van der Waals surface area contributed by atoms with Crippen LogP contribution in [-0.4, -0.2) is 24.2 Å². The molecule has 2 N–H and O–H groups in total. The van der Waals surface area contributed by atoms with E-state index in [1.54, 1.807) is 0 Å². The number of nitrogens with zero attached hydrogens (tertiary/aromatic N) is 1. The normalized spacial score (nSPS) is 12.2. The topological polar surface area (TPSA) is 52.6 Å².